The van der Waals surface area contributed by atoms with Gasteiger partial charge in [-0.05, 0) is 66.9 Å². The van der Waals surface area contributed by atoms with Crippen LogP contribution in [0.25, 0.3) is 5.57 Å². The Kier molecular flexibility index (Phi) is 6.12. The fourth-order valence-corrected chi connectivity index (χ4v) is 3.50. The summed E-state index contributed by atoms with van der Waals surface area (Å²) < 4.78 is 7.74. The van der Waals surface area contributed by atoms with E-state index >= 15 is 0 Å². The van der Waals surface area contributed by atoms with Crippen molar-refractivity contribution in [2.45, 2.75) is 32.8 Å². The van der Waals surface area contributed by atoms with Crippen molar-refractivity contribution in [1.82, 2.24) is 14.5 Å². The number of carbonyl (C=O) groups is 1. The van der Waals surface area contributed by atoms with Gasteiger partial charge >= 0.3 is 6.09 Å². The number of aryl methyl sites for hydroxylation is 1. The van der Waals surface area contributed by atoms with Crippen molar-refractivity contribution < 1.29 is 9.53 Å². The molecule has 2 aromatic heterocycles. The molecule has 154 valence electrons. The van der Waals surface area contributed by atoms with Crippen LogP contribution < -0.4 is 10.9 Å². The number of pyridine rings is 2. The van der Waals surface area contributed by atoms with E-state index in [4.69, 9.17) is 4.74 Å². The van der Waals surface area contributed by atoms with Crippen molar-refractivity contribution >= 4 is 39.0 Å². The number of anilines is 2. The van der Waals surface area contributed by atoms with Gasteiger partial charge in [-0.25, -0.2) is 4.79 Å². The molecule has 0 saturated carbocycles. The van der Waals surface area contributed by atoms with E-state index in [2.05, 4.69) is 26.2 Å². The van der Waals surface area contributed by atoms with Gasteiger partial charge in [0.25, 0.3) is 5.56 Å². The van der Waals surface area contributed by atoms with Gasteiger partial charge in [-0.1, -0.05) is 6.08 Å². The second-order valence-corrected chi connectivity index (χ2v) is 8.87. The average molecular weight is 461 g/mol. The predicted octanol–water partition coefficient (Wildman–Crippen LogP) is 4.31. The standard InChI is InChI=1S/C21H25BrN4O3/c1-21(2,3)29-20(28)26-9-7-14(8-10-26)17-6-5-16(12-23-17)24-18-11-15(22)13-25(4)19(18)27/h5-7,11-13,24H,8-10H2,1-4H3. The molecule has 7 nitrogen and oxygen atoms in total. The normalized spacial score (nSPS) is 14.4. The van der Waals surface area contributed by atoms with Crippen molar-refractivity contribution in [3.63, 3.8) is 0 Å². The summed E-state index contributed by atoms with van der Waals surface area (Å²) in [6, 6.07) is 5.55. The van der Waals surface area contributed by atoms with Crippen LogP contribution >= 0.6 is 15.9 Å². The summed E-state index contributed by atoms with van der Waals surface area (Å²) in [5, 5.41) is 3.11. The quantitative estimate of drug-likeness (QED) is 0.738. The SMILES string of the molecule is Cn1cc(Br)cc(Nc2ccc(C3=CCN(C(=O)OC(C)(C)C)CC3)nc2)c1=O. The second-order valence-electron chi connectivity index (χ2n) is 7.95. The van der Waals surface area contributed by atoms with Crippen LogP contribution in [0.2, 0.25) is 0 Å². The summed E-state index contributed by atoms with van der Waals surface area (Å²) in [6.45, 7) is 6.68. The van der Waals surface area contributed by atoms with E-state index in [-0.39, 0.29) is 11.7 Å². The third-order valence-electron chi connectivity index (χ3n) is 4.38. The number of nitrogens with zero attached hydrogens (tertiary/aromatic N) is 3. The monoisotopic (exact) mass is 460 g/mol. The topological polar surface area (TPSA) is 76.5 Å². The molecule has 0 spiro atoms. The van der Waals surface area contributed by atoms with E-state index in [1.165, 1.54) is 4.57 Å². The first-order valence-electron chi connectivity index (χ1n) is 9.39. The summed E-state index contributed by atoms with van der Waals surface area (Å²) in [5.74, 6) is 0. The van der Waals surface area contributed by atoms with E-state index in [0.717, 1.165) is 21.4 Å². The molecule has 0 unspecified atom stereocenters. The minimum Gasteiger partial charge on any atom is -0.444 e. The minimum atomic E-state index is -0.499. The van der Waals surface area contributed by atoms with E-state index in [9.17, 15) is 9.59 Å². The zero-order chi connectivity index (χ0) is 21.2. The average Bonchev–Trinajstić information content (AvgIpc) is 2.65. The lowest BCUT2D eigenvalue weighted by Crippen LogP contribution is -2.39. The molecule has 3 heterocycles. The van der Waals surface area contributed by atoms with Crippen molar-refractivity contribution in [3.05, 3.63) is 57.2 Å². The lowest BCUT2D eigenvalue weighted by atomic mass is 10.0. The summed E-state index contributed by atoms with van der Waals surface area (Å²) >= 11 is 3.40. The number of nitrogens with one attached hydrogen (secondary N) is 1. The Morgan fingerprint density at radius 2 is 2.07 bits per heavy atom. The number of ether oxygens (including phenoxy) is 1. The summed E-state index contributed by atoms with van der Waals surface area (Å²) in [6.07, 6.45) is 5.84. The second kappa shape index (κ2) is 8.41. The number of rotatable bonds is 3. The first-order chi connectivity index (χ1) is 13.6. The van der Waals surface area contributed by atoms with E-state index in [1.807, 2.05) is 39.0 Å². The Balaban J connectivity index is 1.67. The number of hydrogen-bond acceptors (Lipinski definition) is 5. The number of aromatic nitrogens is 2. The molecule has 0 aliphatic carbocycles. The highest BCUT2D eigenvalue weighted by molar-refractivity contribution is 9.10. The van der Waals surface area contributed by atoms with Gasteiger partial charge < -0.3 is 19.5 Å². The number of carbonyl (C=O) groups excluding carboxylic acids is 1. The summed E-state index contributed by atoms with van der Waals surface area (Å²) in [7, 11) is 1.70. The van der Waals surface area contributed by atoms with E-state index in [1.54, 1.807) is 30.4 Å². The van der Waals surface area contributed by atoms with Crippen LogP contribution in [0.4, 0.5) is 16.2 Å². The molecular formula is C21H25BrN4O3. The fourth-order valence-electron chi connectivity index (χ4n) is 2.97. The molecule has 0 aromatic carbocycles. The Labute approximate surface area is 178 Å². The lowest BCUT2D eigenvalue weighted by molar-refractivity contribution is 0.0270. The Morgan fingerprint density at radius 3 is 2.66 bits per heavy atom. The summed E-state index contributed by atoms with van der Waals surface area (Å²) in [4.78, 5) is 30.6. The van der Waals surface area contributed by atoms with Crippen molar-refractivity contribution in [1.29, 1.82) is 0 Å². The fraction of sp³-hybridized carbons (Fsp3) is 0.381. The Hall–Kier alpha value is -2.61. The highest BCUT2D eigenvalue weighted by Crippen LogP contribution is 2.24. The maximum absolute atomic E-state index is 12.2. The van der Waals surface area contributed by atoms with Gasteiger partial charge in [-0.3, -0.25) is 9.78 Å². The van der Waals surface area contributed by atoms with Crippen molar-refractivity contribution in [3.8, 4) is 0 Å². The summed E-state index contributed by atoms with van der Waals surface area (Å²) in [5.41, 5.74) is 2.55. The Morgan fingerprint density at radius 1 is 1.31 bits per heavy atom. The molecule has 8 heteroatoms. The number of amides is 1. The number of hydrogen-bond donors (Lipinski definition) is 1. The third kappa shape index (κ3) is 5.47. The molecule has 0 atom stereocenters. The van der Waals surface area contributed by atoms with Crippen LogP contribution in [-0.4, -0.2) is 39.2 Å². The van der Waals surface area contributed by atoms with Gasteiger partial charge in [0.1, 0.15) is 11.3 Å². The lowest BCUT2D eigenvalue weighted by Gasteiger charge is -2.29. The largest absolute Gasteiger partial charge is 0.444 e. The van der Waals surface area contributed by atoms with Crippen LogP contribution in [0.15, 0.2) is 45.9 Å². The number of halogens is 1. The van der Waals surface area contributed by atoms with Gasteiger partial charge in [0.15, 0.2) is 0 Å². The van der Waals surface area contributed by atoms with Gasteiger partial charge in [-0.15, -0.1) is 0 Å². The molecular weight excluding hydrogens is 436 g/mol. The molecule has 29 heavy (non-hydrogen) atoms. The van der Waals surface area contributed by atoms with Crippen LogP contribution in [0.3, 0.4) is 0 Å². The molecule has 0 saturated heterocycles. The van der Waals surface area contributed by atoms with Crippen LogP contribution in [0, 0.1) is 0 Å². The molecule has 1 amide bonds. The van der Waals surface area contributed by atoms with Crippen LogP contribution in [-0.2, 0) is 11.8 Å². The maximum atomic E-state index is 12.2. The van der Waals surface area contributed by atoms with Gasteiger partial charge in [-0.2, -0.15) is 0 Å². The predicted molar refractivity (Wildman–Crippen MR) is 117 cm³/mol. The van der Waals surface area contributed by atoms with Crippen LogP contribution in [0.5, 0.6) is 0 Å². The maximum Gasteiger partial charge on any atom is 0.410 e. The van der Waals surface area contributed by atoms with E-state index < -0.39 is 5.60 Å². The Bertz CT molecular complexity index is 990. The molecule has 0 radical (unpaired) electrons. The molecule has 1 aliphatic heterocycles. The van der Waals surface area contributed by atoms with Gasteiger partial charge in [0.2, 0.25) is 0 Å². The van der Waals surface area contributed by atoms with Crippen molar-refractivity contribution in [2.24, 2.45) is 7.05 Å². The molecule has 3 rings (SSSR count). The molecule has 0 bridgehead atoms. The molecule has 2 aromatic rings. The van der Waals surface area contributed by atoms with Gasteiger partial charge in [0, 0.05) is 30.8 Å². The molecule has 0 fully saturated rings. The van der Waals surface area contributed by atoms with Gasteiger partial charge in [0.05, 0.1) is 17.6 Å². The first-order valence-corrected chi connectivity index (χ1v) is 10.2. The highest BCUT2D eigenvalue weighted by Gasteiger charge is 2.24. The molecule has 1 aliphatic rings. The third-order valence-corrected chi connectivity index (χ3v) is 4.82. The molecule has 1 N–H and O–H groups in total. The zero-order valence-electron chi connectivity index (χ0n) is 17.0. The highest BCUT2D eigenvalue weighted by atomic mass is 79.9. The van der Waals surface area contributed by atoms with Crippen molar-refractivity contribution in [2.75, 3.05) is 18.4 Å². The zero-order valence-corrected chi connectivity index (χ0v) is 18.6. The minimum absolute atomic E-state index is 0.116. The van der Waals surface area contributed by atoms with E-state index in [0.29, 0.717) is 25.2 Å². The first kappa shape index (κ1) is 21.1. The smallest absolute Gasteiger partial charge is 0.410 e. The van der Waals surface area contributed by atoms with Crippen LogP contribution in [0.1, 0.15) is 32.9 Å².